The van der Waals surface area contributed by atoms with Crippen molar-refractivity contribution in [3.05, 3.63) is 29.8 Å². The van der Waals surface area contributed by atoms with Crippen molar-refractivity contribution in [2.45, 2.75) is 51.2 Å². The molecule has 0 bridgehead atoms. The standard InChI is InChI=1S/C19H26N2O4/c1-13(2)15-7-3-4-9-17(15)25-12-14(22)11-21-18(23)16-8-5-6-10-20(16)19(21)24/h3-4,7,9,13-14,16,22H,5-6,8,10-12H2,1-2H3. The van der Waals surface area contributed by atoms with Crippen LogP contribution in [-0.2, 0) is 4.79 Å². The van der Waals surface area contributed by atoms with E-state index in [1.54, 1.807) is 4.90 Å². The summed E-state index contributed by atoms with van der Waals surface area (Å²) in [5.41, 5.74) is 1.07. The van der Waals surface area contributed by atoms with E-state index in [1.807, 2.05) is 24.3 Å². The highest BCUT2D eigenvalue weighted by Gasteiger charge is 2.46. The third kappa shape index (κ3) is 3.63. The van der Waals surface area contributed by atoms with E-state index in [4.69, 9.17) is 4.74 Å². The maximum Gasteiger partial charge on any atom is 0.327 e. The third-order valence-corrected chi connectivity index (χ3v) is 4.90. The van der Waals surface area contributed by atoms with E-state index in [9.17, 15) is 14.7 Å². The molecule has 25 heavy (non-hydrogen) atoms. The van der Waals surface area contributed by atoms with Gasteiger partial charge in [-0.1, -0.05) is 32.0 Å². The van der Waals surface area contributed by atoms with Crippen molar-refractivity contribution in [3.63, 3.8) is 0 Å². The number of hydrogen-bond acceptors (Lipinski definition) is 4. The summed E-state index contributed by atoms with van der Waals surface area (Å²) in [6.45, 7) is 4.81. The number of piperidine rings is 1. The maximum atomic E-state index is 12.4. The van der Waals surface area contributed by atoms with Crippen LogP contribution in [0.3, 0.4) is 0 Å². The Balaban J connectivity index is 1.59. The molecular formula is C19H26N2O4. The minimum Gasteiger partial charge on any atom is -0.491 e. The molecule has 1 aromatic rings. The van der Waals surface area contributed by atoms with Crippen LogP contribution in [0.4, 0.5) is 4.79 Å². The summed E-state index contributed by atoms with van der Waals surface area (Å²) in [7, 11) is 0. The Morgan fingerprint density at radius 1 is 1.24 bits per heavy atom. The van der Waals surface area contributed by atoms with Gasteiger partial charge in [0.05, 0.1) is 6.54 Å². The van der Waals surface area contributed by atoms with Crippen molar-refractivity contribution in [2.75, 3.05) is 19.7 Å². The SMILES string of the molecule is CC(C)c1ccccc1OCC(O)CN1C(=O)C2CCCCN2C1=O. The molecule has 0 radical (unpaired) electrons. The lowest BCUT2D eigenvalue weighted by Gasteiger charge is -2.26. The minimum atomic E-state index is -0.908. The number of carbonyl (C=O) groups excluding carboxylic acids is 2. The zero-order valence-electron chi connectivity index (χ0n) is 14.9. The van der Waals surface area contributed by atoms with Crippen LogP contribution in [0.25, 0.3) is 0 Å². The fourth-order valence-corrected chi connectivity index (χ4v) is 3.55. The van der Waals surface area contributed by atoms with E-state index in [2.05, 4.69) is 13.8 Å². The number of rotatable bonds is 6. The Hall–Kier alpha value is -2.08. The summed E-state index contributed by atoms with van der Waals surface area (Å²) < 4.78 is 5.75. The summed E-state index contributed by atoms with van der Waals surface area (Å²) in [5, 5.41) is 10.3. The number of urea groups is 1. The number of nitrogens with zero attached hydrogens (tertiary/aromatic N) is 2. The van der Waals surface area contributed by atoms with Crippen LogP contribution in [0.1, 0.15) is 44.6 Å². The Bertz CT molecular complexity index is 622. The molecule has 136 valence electrons. The predicted octanol–water partition coefficient (Wildman–Crippen LogP) is 2.37. The van der Waals surface area contributed by atoms with Crippen LogP contribution < -0.4 is 4.74 Å². The van der Waals surface area contributed by atoms with Crippen molar-refractivity contribution in [2.24, 2.45) is 0 Å². The molecule has 2 saturated heterocycles. The van der Waals surface area contributed by atoms with E-state index in [-0.39, 0.29) is 31.1 Å². The lowest BCUT2D eigenvalue weighted by Crippen LogP contribution is -2.40. The number of aliphatic hydroxyl groups is 1. The molecule has 6 nitrogen and oxygen atoms in total. The molecule has 0 aliphatic carbocycles. The van der Waals surface area contributed by atoms with Gasteiger partial charge < -0.3 is 14.7 Å². The van der Waals surface area contributed by atoms with Gasteiger partial charge in [-0.25, -0.2) is 4.79 Å². The monoisotopic (exact) mass is 346 g/mol. The Morgan fingerprint density at radius 2 is 2.00 bits per heavy atom. The van der Waals surface area contributed by atoms with Crippen LogP contribution in [0.15, 0.2) is 24.3 Å². The molecule has 2 fully saturated rings. The van der Waals surface area contributed by atoms with Crippen molar-refractivity contribution >= 4 is 11.9 Å². The van der Waals surface area contributed by atoms with Crippen molar-refractivity contribution < 1.29 is 19.4 Å². The van der Waals surface area contributed by atoms with E-state index in [1.165, 1.54) is 4.90 Å². The topological polar surface area (TPSA) is 70.1 Å². The van der Waals surface area contributed by atoms with Crippen LogP contribution in [0.2, 0.25) is 0 Å². The van der Waals surface area contributed by atoms with E-state index < -0.39 is 6.10 Å². The molecule has 3 amide bonds. The van der Waals surface area contributed by atoms with Gasteiger partial charge in [-0.15, -0.1) is 0 Å². The Labute approximate surface area is 148 Å². The molecule has 3 rings (SSSR count). The first-order chi connectivity index (χ1) is 12.0. The maximum absolute atomic E-state index is 12.4. The average molecular weight is 346 g/mol. The fourth-order valence-electron chi connectivity index (χ4n) is 3.55. The van der Waals surface area contributed by atoms with Gasteiger partial charge in [0.15, 0.2) is 0 Å². The van der Waals surface area contributed by atoms with E-state index in [0.717, 1.165) is 30.6 Å². The van der Waals surface area contributed by atoms with Crippen LogP contribution in [0, 0.1) is 0 Å². The highest BCUT2D eigenvalue weighted by Crippen LogP contribution is 2.28. The normalized spacial score (nSPS) is 21.7. The van der Waals surface area contributed by atoms with Gasteiger partial charge in [-0.3, -0.25) is 9.69 Å². The summed E-state index contributed by atoms with van der Waals surface area (Å²) in [6, 6.07) is 7.09. The van der Waals surface area contributed by atoms with Gasteiger partial charge in [0.1, 0.15) is 24.5 Å². The van der Waals surface area contributed by atoms with Crippen LogP contribution >= 0.6 is 0 Å². The number of benzene rings is 1. The first-order valence-electron chi connectivity index (χ1n) is 9.00. The highest BCUT2D eigenvalue weighted by atomic mass is 16.5. The smallest absolute Gasteiger partial charge is 0.327 e. The molecule has 0 aromatic heterocycles. The van der Waals surface area contributed by atoms with Crippen molar-refractivity contribution in [3.8, 4) is 5.75 Å². The van der Waals surface area contributed by atoms with Crippen LogP contribution in [0.5, 0.6) is 5.75 Å². The zero-order chi connectivity index (χ0) is 18.0. The van der Waals surface area contributed by atoms with Gasteiger partial charge in [0.2, 0.25) is 0 Å². The van der Waals surface area contributed by atoms with Crippen molar-refractivity contribution in [1.29, 1.82) is 0 Å². The van der Waals surface area contributed by atoms with E-state index in [0.29, 0.717) is 12.5 Å². The van der Waals surface area contributed by atoms with Gasteiger partial charge in [0, 0.05) is 6.54 Å². The molecular weight excluding hydrogens is 320 g/mol. The lowest BCUT2D eigenvalue weighted by atomic mass is 10.0. The highest BCUT2D eigenvalue weighted by molar-refractivity contribution is 6.04. The number of imide groups is 1. The molecule has 2 atom stereocenters. The summed E-state index contributed by atoms with van der Waals surface area (Å²) in [5.74, 6) is 0.852. The largest absolute Gasteiger partial charge is 0.491 e. The van der Waals surface area contributed by atoms with E-state index >= 15 is 0 Å². The Morgan fingerprint density at radius 3 is 2.72 bits per heavy atom. The second-order valence-corrected chi connectivity index (χ2v) is 7.09. The van der Waals surface area contributed by atoms with Gasteiger partial charge in [-0.2, -0.15) is 0 Å². The molecule has 0 saturated carbocycles. The third-order valence-electron chi connectivity index (χ3n) is 4.90. The summed E-state index contributed by atoms with van der Waals surface area (Å²) in [4.78, 5) is 27.6. The number of carbonyl (C=O) groups is 2. The number of fused-ring (bicyclic) bond motifs is 1. The molecule has 2 aliphatic heterocycles. The van der Waals surface area contributed by atoms with Crippen molar-refractivity contribution in [1.82, 2.24) is 9.80 Å². The predicted molar refractivity (Wildman–Crippen MR) is 93.5 cm³/mol. The molecule has 2 unspecified atom stereocenters. The molecule has 2 heterocycles. The van der Waals surface area contributed by atoms with Gasteiger partial charge >= 0.3 is 6.03 Å². The lowest BCUT2D eigenvalue weighted by molar-refractivity contribution is -0.129. The number of amides is 3. The minimum absolute atomic E-state index is 0.0193. The molecule has 0 spiro atoms. The number of β-amino-alcohol motifs (C(OH)–C–C–N with tert-alkyl or cyclic N) is 1. The average Bonchev–Trinajstić information content (AvgIpc) is 2.85. The summed E-state index contributed by atoms with van der Waals surface area (Å²) in [6.07, 6.45) is 1.71. The number of ether oxygens (including phenoxy) is 1. The second-order valence-electron chi connectivity index (χ2n) is 7.09. The van der Waals surface area contributed by atoms with Gasteiger partial charge in [-0.05, 0) is 36.8 Å². The Kier molecular flexibility index (Phi) is 5.27. The first-order valence-corrected chi connectivity index (χ1v) is 9.00. The first kappa shape index (κ1) is 17.7. The quantitative estimate of drug-likeness (QED) is 0.803. The fraction of sp³-hybridized carbons (Fsp3) is 0.579. The van der Waals surface area contributed by atoms with Crippen LogP contribution in [-0.4, -0.2) is 58.7 Å². The molecule has 6 heteroatoms. The zero-order valence-corrected chi connectivity index (χ0v) is 14.9. The number of aliphatic hydroxyl groups excluding tert-OH is 1. The molecule has 1 N–H and O–H groups in total. The molecule has 2 aliphatic rings. The molecule has 1 aromatic carbocycles. The number of para-hydroxylation sites is 1. The second kappa shape index (κ2) is 7.44. The van der Waals surface area contributed by atoms with Gasteiger partial charge in [0.25, 0.3) is 5.91 Å². The summed E-state index contributed by atoms with van der Waals surface area (Å²) >= 11 is 0. The number of hydrogen-bond donors (Lipinski definition) is 1.